The first-order chi connectivity index (χ1) is 9.49. The van der Waals surface area contributed by atoms with E-state index in [-0.39, 0.29) is 17.2 Å². The van der Waals surface area contributed by atoms with Gasteiger partial charge in [0.1, 0.15) is 17.5 Å². The van der Waals surface area contributed by atoms with Crippen molar-refractivity contribution in [1.82, 2.24) is 9.55 Å². The third kappa shape index (κ3) is 2.40. The Morgan fingerprint density at radius 3 is 2.80 bits per heavy atom. The molecule has 0 bridgehead atoms. The van der Waals surface area contributed by atoms with Crippen LogP contribution in [0.1, 0.15) is 23.2 Å². The van der Waals surface area contributed by atoms with Crippen LogP contribution in [0, 0.1) is 5.82 Å². The summed E-state index contributed by atoms with van der Waals surface area (Å²) in [5, 5.41) is 0. The number of rotatable bonds is 3. The number of ether oxygens (including phenoxy) is 1. The molecule has 0 saturated heterocycles. The topological polar surface area (TPSA) is 70.1 Å². The average Bonchev–Trinajstić information content (AvgIpc) is 2.75. The van der Waals surface area contributed by atoms with Gasteiger partial charge in [-0.05, 0) is 18.2 Å². The van der Waals surface area contributed by atoms with Gasteiger partial charge in [0.05, 0.1) is 12.8 Å². The smallest absolute Gasteiger partial charge is 0.360 e. The molecule has 2 rings (SSSR count). The summed E-state index contributed by atoms with van der Waals surface area (Å²) in [6, 6.07) is 4.58. The molecule has 0 saturated carbocycles. The second-order valence-corrected chi connectivity index (χ2v) is 4.95. The summed E-state index contributed by atoms with van der Waals surface area (Å²) in [6.07, 6.45) is 0.497. The highest BCUT2D eigenvalue weighted by atomic mass is 79.9. The van der Waals surface area contributed by atoms with Gasteiger partial charge in [0.2, 0.25) is 0 Å². The van der Waals surface area contributed by atoms with Crippen LogP contribution in [0.25, 0.3) is 5.69 Å². The molecule has 0 aliphatic carbocycles. The molecule has 2 N–H and O–H groups in total. The van der Waals surface area contributed by atoms with Crippen molar-refractivity contribution in [2.24, 2.45) is 0 Å². The molecular formula is C13H13BrFN3O2. The van der Waals surface area contributed by atoms with E-state index in [0.717, 1.165) is 0 Å². The molecule has 0 unspecified atom stereocenters. The fourth-order valence-corrected chi connectivity index (χ4v) is 2.23. The van der Waals surface area contributed by atoms with E-state index < -0.39 is 11.8 Å². The predicted molar refractivity (Wildman–Crippen MR) is 76.4 cm³/mol. The summed E-state index contributed by atoms with van der Waals surface area (Å²) in [6.45, 7) is 1.84. The number of halogens is 2. The Morgan fingerprint density at radius 2 is 2.25 bits per heavy atom. The Morgan fingerprint density at radius 1 is 1.55 bits per heavy atom. The Labute approximate surface area is 123 Å². The van der Waals surface area contributed by atoms with E-state index in [9.17, 15) is 9.18 Å². The Balaban J connectivity index is 2.67. The van der Waals surface area contributed by atoms with Crippen LogP contribution < -0.4 is 5.73 Å². The van der Waals surface area contributed by atoms with Crippen molar-refractivity contribution in [2.45, 2.75) is 13.3 Å². The van der Waals surface area contributed by atoms with Crippen LogP contribution in [-0.4, -0.2) is 22.6 Å². The first kappa shape index (κ1) is 14.5. The molecule has 0 radical (unpaired) electrons. The molecule has 1 aromatic carbocycles. The zero-order valence-corrected chi connectivity index (χ0v) is 12.6. The van der Waals surface area contributed by atoms with Crippen LogP contribution in [0.4, 0.5) is 10.2 Å². The molecule has 1 heterocycles. The van der Waals surface area contributed by atoms with Gasteiger partial charge in [0.25, 0.3) is 0 Å². The first-order valence-corrected chi connectivity index (χ1v) is 6.69. The number of aromatic nitrogens is 2. The monoisotopic (exact) mass is 341 g/mol. The van der Waals surface area contributed by atoms with Crippen molar-refractivity contribution in [3.63, 3.8) is 0 Å². The SMILES string of the molecule is CCc1nc(C(=O)OC)c(N)n1-c1ccc(Br)cc1F. The van der Waals surface area contributed by atoms with Crippen molar-refractivity contribution in [1.29, 1.82) is 0 Å². The van der Waals surface area contributed by atoms with Gasteiger partial charge in [-0.3, -0.25) is 4.57 Å². The van der Waals surface area contributed by atoms with Crippen LogP contribution in [-0.2, 0) is 11.2 Å². The lowest BCUT2D eigenvalue weighted by molar-refractivity contribution is 0.0595. The van der Waals surface area contributed by atoms with Crippen molar-refractivity contribution >= 4 is 27.7 Å². The molecule has 2 aromatic rings. The summed E-state index contributed by atoms with van der Waals surface area (Å²) < 4.78 is 20.7. The maximum atomic E-state index is 14.1. The van der Waals surface area contributed by atoms with Crippen LogP contribution >= 0.6 is 15.9 Å². The highest BCUT2D eigenvalue weighted by molar-refractivity contribution is 9.10. The van der Waals surface area contributed by atoms with E-state index >= 15 is 0 Å². The van der Waals surface area contributed by atoms with E-state index in [1.807, 2.05) is 6.92 Å². The Bertz CT molecular complexity index is 670. The van der Waals surface area contributed by atoms with Crippen molar-refractivity contribution in [3.05, 3.63) is 40.0 Å². The molecule has 0 fully saturated rings. The largest absolute Gasteiger partial charge is 0.464 e. The molecule has 7 heteroatoms. The third-order valence-corrected chi connectivity index (χ3v) is 3.32. The van der Waals surface area contributed by atoms with Crippen LogP contribution in [0.15, 0.2) is 22.7 Å². The molecule has 0 aliphatic heterocycles. The number of benzene rings is 1. The summed E-state index contributed by atoms with van der Waals surface area (Å²) in [5.74, 6) is -0.554. The summed E-state index contributed by atoms with van der Waals surface area (Å²) in [5.41, 5.74) is 6.15. The number of hydrogen-bond acceptors (Lipinski definition) is 4. The molecule has 0 amide bonds. The number of methoxy groups -OCH3 is 1. The highest BCUT2D eigenvalue weighted by Crippen LogP contribution is 2.25. The summed E-state index contributed by atoms with van der Waals surface area (Å²) in [4.78, 5) is 15.7. The zero-order chi connectivity index (χ0) is 14.9. The van der Waals surface area contributed by atoms with E-state index in [2.05, 4.69) is 25.7 Å². The number of nitrogens with two attached hydrogens (primary N) is 1. The van der Waals surface area contributed by atoms with Gasteiger partial charge in [0.15, 0.2) is 5.69 Å². The first-order valence-electron chi connectivity index (χ1n) is 5.90. The van der Waals surface area contributed by atoms with E-state index in [4.69, 9.17) is 5.73 Å². The molecule has 20 heavy (non-hydrogen) atoms. The number of hydrogen-bond donors (Lipinski definition) is 1. The lowest BCUT2D eigenvalue weighted by Crippen LogP contribution is -2.09. The lowest BCUT2D eigenvalue weighted by atomic mass is 10.3. The van der Waals surface area contributed by atoms with Crippen LogP contribution in [0.5, 0.6) is 0 Å². The van der Waals surface area contributed by atoms with E-state index in [1.54, 1.807) is 12.1 Å². The van der Waals surface area contributed by atoms with Gasteiger partial charge in [-0.25, -0.2) is 14.2 Å². The molecular weight excluding hydrogens is 329 g/mol. The number of nitrogens with zero attached hydrogens (tertiary/aromatic N) is 2. The maximum absolute atomic E-state index is 14.1. The quantitative estimate of drug-likeness (QED) is 0.871. The number of carbonyl (C=O) groups excluding carboxylic acids is 1. The number of nitrogen functional groups attached to an aromatic ring is 1. The number of imidazole rings is 1. The standard InChI is InChI=1S/C13H13BrFN3O2/c1-3-10-17-11(13(19)20-2)12(16)18(10)9-5-4-7(14)6-8(9)15/h4-6H,3,16H2,1-2H3. The van der Waals surface area contributed by atoms with Gasteiger partial charge >= 0.3 is 5.97 Å². The number of anilines is 1. The number of esters is 1. The summed E-state index contributed by atoms with van der Waals surface area (Å²) >= 11 is 3.19. The molecule has 5 nitrogen and oxygen atoms in total. The molecule has 0 atom stereocenters. The van der Waals surface area contributed by atoms with Gasteiger partial charge in [-0.1, -0.05) is 22.9 Å². The molecule has 0 spiro atoms. The van der Waals surface area contributed by atoms with Crippen molar-refractivity contribution in [3.8, 4) is 5.69 Å². The Hall–Kier alpha value is -1.89. The predicted octanol–water partition coefficient (Wildman–Crippen LogP) is 2.71. The van der Waals surface area contributed by atoms with Crippen molar-refractivity contribution < 1.29 is 13.9 Å². The average molecular weight is 342 g/mol. The normalized spacial score (nSPS) is 10.6. The molecule has 106 valence electrons. The number of carbonyl (C=O) groups is 1. The van der Waals surface area contributed by atoms with E-state index in [1.165, 1.54) is 17.7 Å². The van der Waals surface area contributed by atoms with Crippen molar-refractivity contribution in [2.75, 3.05) is 12.8 Å². The minimum atomic E-state index is -0.645. The van der Waals surface area contributed by atoms with Gasteiger partial charge in [-0.15, -0.1) is 0 Å². The van der Waals surface area contributed by atoms with Crippen LogP contribution in [0.2, 0.25) is 0 Å². The minimum Gasteiger partial charge on any atom is -0.464 e. The fourth-order valence-electron chi connectivity index (χ4n) is 1.90. The van der Waals surface area contributed by atoms with Gasteiger partial charge in [0, 0.05) is 10.9 Å². The lowest BCUT2D eigenvalue weighted by Gasteiger charge is -2.10. The number of aryl methyl sites for hydroxylation is 1. The maximum Gasteiger partial charge on any atom is 0.360 e. The fraction of sp³-hybridized carbons (Fsp3) is 0.231. The van der Waals surface area contributed by atoms with Crippen LogP contribution in [0.3, 0.4) is 0 Å². The van der Waals surface area contributed by atoms with E-state index in [0.29, 0.717) is 16.7 Å². The Kier molecular flexibility index (Phi) is 4.08. The third-order valence-electron chi connectivity index (χ3n) is 2.83. The van der Waals surface area contributed by atoms with Gasteiger partial charge in [-0.2, -0.15) is 0 Å². The molecule has 0 aliphatic rings. The molecule has 1 aromatic heterocycles. The second kappa shape index (κ2) is 5.62. The zero-order valence-electron chi connectivity index (χ0n) is 11.0. The second-order valence-electron chi connectivity index (χ2n) is 4.04. The summed E-state index contributed by atoms with van der Waals surface area (Å²) in [7, 11) is 1.24. The van der Waals surface area contributed by atoms with Gasteiger partial charge < -0.3 is 10.5 Å². The highest BCUT2D eigenvalue weighted by Gasteiger charge is 2.22. The minimum absolute atomic E-state index is 0.00771.